The van der Waals surface area contributed by atoms with Crippen LogP contribution in [0.15, 0.2) is 18.2 Å². The van der Waals surface area contributed by atoms with E-state index < -0.39 is 5.60 Å². The summed E-state index contributed by atoms with van der Waals surface area (Å²) in [5.41, 5.74) is 0.271. The summed E-state index contributed by atoms with van der Waals surface area (Å²) in [6.07, 6.45) is 3.49. The fraction of sp³-hybridized carbons (Fsp3) is 0.533. The molecule has 0 aromatic heterocycles. The maximum Gasteiger partial charge on any atom is 0.194 e. The van der Waals surface area contributed by atoms with Crippen molar-refractivity contribution in [2.45, 2.75) is 45.1 Å². The van der Waals surface area contributed by atoms with Gasteiger partial charge in [-0.25, -0.2) is 4.39 Å². The zero-order chi connectivity index (χ0) is 13.2. The van der Waals surface area contributed by atoms with Crippen LogP contribution in [0, 0.1) is 12.7 Å². The summed E-state index contributed by atoms with van der Waals surface area (Å²) in [6.45, 7) is 4.10. The molecule has 0 N–H and O–H groups in total. The third-order valence-corrected chi connectivity index (χ3v) is 3.68. The Morgan fingerprint density at radius 1 is 1.39 bits per heavy atom. The van der Waals surface area contributed by atoms with Crippen LogP contribution < -0.4 is 0 Å². The van der Waals surface area contributed by atoms with Gasteiger partial charge in [0, 0.05) is 12.2 Å². The van der Waals surface area contributed by atoms with Crippen molar-refractivity contribution in [1.82, 2.24) is 0 Å². The highest BCUT2D eigenvalue weighted by Gasteiger charge is 2.42. The van der Waals surface area contributed by atoms with E-state index in [9.17, 15) is 9.18 Å². The second-order valence-electron chi connectivity index (χ2n) is 4.93. The van der Waals surface area contributed by atoms with Crippen LogP contribution in [0.3, 0.4) is 0 Å². The normalized spacial score (nSPS) is 17.9. The number of benzene rings is 1. The molecule has 1 saturated carbocycles. The lowest BCUT2D eigenvalue weighted by atomic mass is 9.90. The van der Waals surface area contributed by atoms with E-state index in [2.05, 4.69) is 0 Å². The predicted octanol–water partition coefficient (Wildman–Crippen LogP) is 3.67. The fourth-order valence-corrected chi connectivity index (χ4v) is 2.66. The summed E-state index contributed by atoms with van der Waals surface area (Å²) in [4.78, 5) is 12.5. The van der Waals surface area contributed by atoms with E-state index in [1.807, 2.05) is 6.92 Å². The first kappa shape index (κ1) is 13.2. The number of hydrogen-bond donors (Lipinski definition) is 0. The Balaban J connectivity index is 2.30. The quantitative estimate of drug-likeness (QED) is 0.762. The number of Topliss-reactive ketones (excluding diaryl/α,β-unsaturated/α-hetero) is 1. The topological polar surface area (TPSA) is 26.3 Å². The van der Waals surface area contributed by atoms with Crippen LogP contribution in [0.4, 0.5) is 4.39 Å². The second-order valence-corrected chi connectivity index (χ2v) is 4.93. The molecule has 0 heterocycles. The summed E-state index contributed by atoms with van der Waals surface area (Å²) in [6, 6.07) is 4.67. The van der Waals surface area contributed by atoms with Crippen molar-refractivity contribution in [3.63, 3.8) is 0 Å². The molecule has 2 nitrogen and oxygen atoms in total. The lowest BCUT2D eigenvalue weighted by Gasteiger charge is -2.27. The van der Waals surface area contributed by atoms with Gasteiger partial charge in [-0.05, 0) is 51.2 Å². The van der Waals surface area contributed by atoms with Crippen molar-refractivity contribution >= 4 is 5.78 Å². The van der Waals surface area contributed by atoms with Crippen molar-refractivity contribution in [1.29, 1.82) is 0 Å². The highest BCUT2D eigenvalue weighted by atomic mass is 19.1. The molecule has 0 bridgehead atoms. The van der Waals surface area contributed by atoms with Crippen LogP contribution in [-0.4, -0.2) is 18.0 Å². The summed E-state index contributed by atoms with van der Waals surface area (Å²) >= 11 is 0. The summed E-state index contributed by atoms with van der Waals surface area (Å²) < 4.78 is 19.2. The highest BCUT2D eigenvalue weighted by Crippen LogP contribution is 2.36. The molecule has 1 aromatic rings. The minimum Gasteiger partial charge on any atom is -0.367 e. The van der Waals surface area contributed by atoms with E-state index in [-0.39, 0.29) is 11.6 Å². The lowest BCUT2D eigenvalue weighted by Crippen LogP contribution is -2.39. The zero-order valence-corrected chi connectivity index (χ0v) is 11.0. The van der Waals surface area contributed by atoms with Crippen LogP contribution in [0.2, 0.25) is 0 Å². The first-order valence-electron chi connectivity index (χ1n) is 6.54. The molecule has 1 aliphatic carbocycles. The molecule has 0 radical (unpaired) electrons. The summed E-state index contributed by atoms with van der Waals surface area (Å²) in [5.74, 6) is -0.397. The Bertz CT molecular complexity index is 448. The third-order valence-electron chi connectivity index (χ3n) is 3.68. The van der Waals surface area contributed by atoms with Gasteiger partial charge in [0.1, 0.15) is 11.4 Å². The fourth-order valence-electron chi connectivity index (χ4n) is 2.66. The van der Waals surface area contributed by atoms with Crippen molar-refractivity contribution < 1.29 is 13.9 Å². The van der Waals surface area contributed by atoms with E-state index in [0.29, 0.717) is 17.7 Å². The molecule has 98 valence electrons. The first-order chi connectivity index (χ1) is 8.59. The monoisotopic (exact) mass is 250 g/mol. The lowest BCUT2D eigenvalue weighted by molar-refractivity contribution is -0.0163. The Hall–Kier alpha value is -1.22. The van der Waals surface area contributed by atoms with Gasteiger partial charge in [-0.15, -0.1) is 0 Å². The minimum atomic E-state index is -0.712. The number of hydrogen-bond acceptors (Lipinski definition) is 2. The molecule has 0 aliphatic heterocycles. The number of ketones is 1. The molecular weight excluding hydrogens is 231 g/mol. The van der Waals surface area contributed by atoms with Gasteiger partial charge in [-0.2, -0.15) is 0 Å². The zero-order valence-electron chi connectivity index (χ0n) is 11.0. The minimum absolute atomic E-state index is 0.0687. The van der Waals surface area contributed by atoms with Gasteiger partial charge in [0.15, 0.2) is 5.78 Å². The maximum absolute atomic E-state index is 13.5. The second kappa shape index (κ2) is 5.19. The van der Waals surface area contributed by atoms with Crippen molar-refractivity contribution in [2.24, 2.45) is 0 Å². The van der Waals surface area contributed by atoms with Gasteiger partial charge in [0.25, 0.3) is 0 Å². The average molecular weight is 250 g/mol. The van der Waals surface area contributed by atoms with Crippen LogP contribution in [0.5, 0.6) is 0 Å². The van der Waals surface area contributed by atoms with Crippen molar-refractivity contribution in [3.8, 4) is 0 Å². The Kier molecular flexibility index (Phi) is 3.81. The molecule has 0 amide bonds. The van der Waals surface area contributed by atoms with E-state index in [1.54, 1.807) is 19.1 Å². The molecular formula is C15H19FO2. The van der Waals surface area contributed by atoms with Crippen molar-refractivity contribution in [2.75, 3.05) is 6.61 Å². The molecule has 1 aromatic carbocycles. The number of aryl methyl sites for hydroxylation is 1. The van der Waals surface area contributed by atoms with Gasteiger partial charge >= 0.3 is 0 Å². The number of carbonyl (C=O) groups excluding carboxylic acids is 1. The molecule has 0 atom stereocenters. The van der Waals surface area contributed by atoms with Crippen LogP contribution in [0.1, 0.15) is 48.5 Å². The molecule has 2 rings (SSSR count). The predicted molar refractivity (Wildman–Crippen MR) is 68.3 cm³/mol. The summed E-state index contributed by atoms with van der Waals surface area (Å²) in [5, 5.41) is 0. The molecule has 18 heavy (non-hydrogen) atoms. The van der Waals surface area contributed by atoms with Gasteiger partial charge in [-0.3, -0.25) is 4.79 Å². The van der Waals surface area contributed by atoms with E-state index >= 15 is 0 Å². The standard InChI is InChI=1S/C15H19FO2/c1-3-18-15(8-4-5-9-15)14(17)12-7-6-11(2)13(16)10-12/h6-7,10H,3-5,8-9H2,1-2H3. The third kappa shape index (κ3) is 2.32. The van der Waals surface area contributed by atoms with Gasteiger partial charge in [-0.1, -0.05) is 12.1 Å². The van der Waals surface area contributed by atoms with Crippen LogP contribution >= 0.6 is 0 Å². The van der Waals surface area contributed by atoms with Gasteiger partial charge in [0.05, 0.1) is 0 Å². The van der Waals surface area contributed by atoms with Crippen LogP contribution in [0.25, 0.3) is 0 Å². The highest BCUT2D eigenvalue weighted by molar-refractivity contribution is 6.02. The maximum atomic E-state index is 13.5. The van der Waals surface area contributed by atoms with Crippen LogP contribution in [-0.2, 0) is 4.74 Å². The molecule has 0 unspecified atom stereocenters. The smallest absolute Gasteiger partial charge is 0.194 e. The van der Waals surface area contributed by atoms with E-state index in [1.165, 1.54) is 6.07 Å². The van der Waals surface area contributed by atoms with Gasteiger partial charge in [0.2, 0.25) is 0 Å². The Morgan fingerprint density at radius 3 is 2.61 bits per heavy atom. The Morgan fingerprint density at radius 2 is 2.06 bits per heavy atom. The molecule has 0 spiro atoms. The summed E-state index contributed by atoms with van der Waals surface area (Å²) in [7, 11) is 0. The molecule has 0 saturated heterocycles. The number of rotatable bonds is 4. The van der Waals surface area contributed by atoms with E-state index in [0.717, 1.165) is 25.7 Å². The Labute approximate surface area is 107 Å². The number of carbonyl (C=O) groups is 1. The molecule has 1 aliphatic rings. The molecule has 1 fully saturated rings. The molecule has 3 heteroatoms. The largest absolute Gasteiger partial charge is 0.367 e. The average Bonchev–Trinajstić information content (AvgIpc) is 2.82. The number of halogens is 1. The van der Waals surface area contributed by atoms with Gasteiger partial charge < -0.3 is 4.74 Å². The number of ether oxygens (including phenoxy) is 1. The SMILES string of the molecule is CCOC1(C(=O)c2ccc(C)c(F)c2)CCCC1. The van der Waals surface area contributed by atoms with E-state index in [4.69, 9.17) is 4.74 Å². The first-order valence-corrected chi connectivity index (χ1v) is 6.54. The van der Waals surface area contributed by atoms with Crippen molar-refractivity contribution in [3.05, 3.63) is 35.1 Å².